The van der Waals surface area contributed by atoms with Crippen molar-refractivity contribution >= 4 is 5.97 Å². The van der Waals surface area contributed by atoms with Crippen LogP contribution in [-0.2, 0) is 0 Å². The minimum absolute atomic E-state index is 0.00292. The number of methoxy groups -OCH3 is 1. The average molecular weight is 209 g/mol. The predicted octanol–water partition coefficient (Wildman–Crippen LogP) is 1.30. The summed E-state index contributed by atoms with van der Waals surface area (Å²) in [4.78, 5) is 14.4. The van der Waals surface area contributed by atoms with Crippen LogP contribution in [0.25, 0.3) is 0 Å². The van der Waals surface area contributed by atoms with Gasteiger partial charge < -0.3 is 9.84 Å². The van der Waals surface area contributed by atoms with E-state index in [0.717, 1.165) is 6.20 Å². The Hall–Kier alpha value is -2.09. The first kappa shape index (κ1) is 11.0. The van der Waals surface area contributed by atoms with Crippen molar-refractivity contribution in [2.45, 2.75) is 6.92 Å². The third-order valence-electron chi connectivity index (χ3n) is 1.66. The van der Waals surface area contributed by atoms with Crippen molar-refractivity contribution in [3.63, 3.8) is 0 Å². The molecular weight excluding hydrogens is 201 g/mol. The van der Waals surface area contributed by atoms with Gasteiger partial charge in [0, 0.05) is 0 Å². The lowest BCUT2D eigenvalue weighted by Crippen LogP contribution is -2.07. The van der Waals surface area contributed by atoms with E-state index in [0.29, 0.717) is 0 Å². The van der Waals surface area contributed by atoms with Crippen LogP contribution < -0.4 is 4.74 Å². The van der Waals surface area contributed by atoms with Crippen molar-refractivity contribution in [1.29, 1.82) is 0 Å². The van der Waals surface area contributed by atoms with Crippen LogP contribution >= 0.6 is 0 Å². The van der Waals surface area contributed by atoms with Crippen molar-refractivity contribution in [2.24, 2.45) is 0 Å². The lowest BCUT2D eigenvalue weighted by Gasteiger charge is -2.05. The lowest BCUT2D eigenvalue weighted by atomic mass is 10.1. The topological polar surface area (TPSA) is 59.4 Å². The van der Waals surface area contributed by atoms with Gasteiger partial charge in [0.2, 0.25) is 5.88 Å². The first-order valence-corrected chi connectivity index (χ1v) is 4.00. The molecule has 0 aliphatic heterocycles. The third-order valence-corrected chi connectivity index (χ3v) is 1.66. The minimum Gasteiger partial charge on any atom is -0.480 e. The molecular formula is C10H8FNO3. The van der Waals surface area contributed by atoms with Crippen molar-refractivity contribution in [1.82, 2.24) is 4.98 Å². The van der Waals surface area contributed by atoms with E-state index >= 15 is 0 Å². The van der Waals surface area contributed by atoms with Gasteiger partial charge >= 0.3 is 5.97 Å². The summed E-state index contributed by atoms with van der Waals surface area (Å²) in [7, 11) is 1.31. The van der Waals surface area contributed by atoms with E-state index < -0.39 is 17.3 Å². The Morgan fingerprint density at radius 1 is 1.67 bits per heavy atom. The van der Waals surface area contributed by atoms with E-state index in [1.807, 2.05) is 0 Å². The van der Waals surface area contributed by atoms with Gasteiger partial charge in [-0.2, -0.15) is 0 Å². The van der Waals surface area contributed by atoms with E-state index in [4.69, 9.17) is 9.84 Å². The van der Waals surface area contributed by atoms with Gasteiger partial charge in [0.1, 0.15) is 11.1 Å². The molecule has 0 radical (unpaired) electrons. The fourth-order valence-corrected chi connectivity index (χ4v) is 1.08. The number of carboxylic acids is 1. The Morgan fingerprint density at radius 3 is 2.80 bits per heavy atom. The molecule has 0 aliphatic carbocycles. The van der Waals surface area contributed by atoms with Crippen LogP contribution in [-0.4, -0.2) is 23.2 Å². The van der Waals surface area contributed by atoms with Gasteiger partial charge in [-0.25, -0.2) is 14.2 Å². The Morgan fingerprint density at radius 2 is 2.33 bits per heavy atom. The van der Waals surface area contributed by atoms with Crippen LogP contribution in [0.2, 0.25) is 0 Å². The van der Waals surface area contributed by atoms with E-state index in [1.54, 1.807) is 0 Å². The lowest BCUT2D eigenvalue weighted by molar-refractivity contribution is 0.0690. The monoisotopic (exact) mass is 209 g/mol. The molecule has 0 saturated carbocycles. The maximum absolute atomic E-state index is 13.2. The van der Waals surface area contributed by atoms with Gasteiger partial charge in [-0.05, 0) is 6.92 Å². The van der Waals surface area contributed by atoms with Gasteiger partial charge in [0.05, 0.1) is 13.3 Å². The fraction of sp³-hybridized carbons (Fsp3) is 0.200. The summed E-state index contributed by atoms with van der Waals surface area (Å²) in [6, 6.07) is 0. The number of pyridine rings is 1. The third kappa shape index (κ3) is 2.05. The van der Waals surface area contributed by atoms with Crippen LogP contribution in [0.4, 0.5) is 4.39 Å². The minimum atomic E-state index is -1.40. The number of rotatable bonds is 2. The van der Waals surface area contributed by atoms with Crippen LogP contribution in [0.3, 0.4) is 0 Å². The zero-order valence-corrected chi connectivity index (χ0v) is 8.17. The maximum atomic E-state index is 13.2. The second-order valence-electron chi connectivity index (χ2n) is 2.55. The molecule has 1 heterocycles. The number of aromatic nitrogens is 1. The Kier molecular flexibility index (Phi) is 3.24. The number of ether oxygens (including phenoxy) is 1. The standard InChI is InChI=1S/C10H8FNO3/c1-3-4-6-8(10(13)14)7(11)5-12-9(6)15-2/h5H,1-2H3,(H,13,14). The number of carbonyl (C=O) groups is 1. The SMILES string of the molecule is CC#Cc1c(OC)ncc(F)c1C(=O)O. The van der Waals surface area contributed by atoms with Gasteiger partial charge in [0.25, 0.3) is 0 Å². The zero-order chi connectivity index (χ0) is 11.4. The molecule has 0 saturated heterocycles. The molecule has 15 heavy (non-hydrogen) atoms. The number of halogens is 1. The molecule has 0 bridgehead atoms. The molecule has 0 unspecified atom stereocenters. The molecule has 4 nitrogen and oxygen atoms in total. The first-order chi connectivity index (χ1) is 7.11. The number of hydrogen-bond acceptors (Lipinski definition) is 3. The summed E-state index contributed by atoms with van der Waals surface area (Å²) in [6.07, 6.45) is 0.795. The summed E-state index contributed by atoms with van der Waals surface area (Å²) >= 11 is 0. The van der Waals surface area contributed by atoms with Crippen molar-refractivity contribution in [3.8, 4) is 17.7 Å². The molecule has 0 fully saturated rings. The Bertz CT molecular complexity index is 460. The molecule has 1 rings (SSSR count). The van der Waals surface area contributed by atoms with Crippen molar-refractivity contribution in [3.05, 3.63) is 23.1 Å². The molecule has 0 aliphatic rings. The van der Waals surface area contributed by atoms with Crippen LogP contribution in [0.1, 0.15) is 22.8 Å². The van der Waals surface area contributed by atoms with Crippen molar-refractivity contribution < 1.29 is 19.0 Å². The fourth-order valence-electron chi connectivity index (χ4n) is 1.08. The molecule has 0 aromatic carbocycles. The summed E-state index contributed by atoms with van der Waals surface area (Å²) in [6.45, 7) is 1.51. The van der Waals surface area contributed by atoms with Crippen LogP contribution in [0, 0.1) is 17.7 Å². The molecule has 0 atom stereocenters. The molecule has 1 aromatic heterocycles. The highest BCUT2D eigenvalue weighted by molar-refractivity contribution is 5.91. The van der Waals surface area contributed by atoms with Crippen LogP contribution in [0.15, 0.2) is 6.20 Å². The summed E-state index contributed by atoms with van der Waals surface area (Å²) in [5.41, 5.74) is -0.566. The van der Waals surface area contributed by atoms with E-state index in [9.17, 15) is 9.18 Å². The highest BCUT2D eigenvalue weighted by Gasteiger charge is 2.19. The molecule has 78 valence electrons. The summed E-state index contributed by atoms with van der Waals surface area (Å²) in [5.74, 6) is 2.62. The van der Waals surface area contributed by atoms with Gasteiger partial charge in [-0.3, -0.25) is 0 Å². The van der Waals surface area contributed by atoms with Gasteiger partial charge in [-0.1, -0.05) is 5.92 Å². The number of carboxylic acid groups (broad SMARTS) is 1. The second kappa shape index (κ2) is 4.42. The predicted molar refractivity (Wildman–Crippen MR) is 50.3 cm³/mol. The molecule has 1 N–H and O–H groups in total. The molecule has 0 spiro atoms. The number of nitrogens with zero attached hydrogens (tertiary/aromatic N) is 1. The largest absolute Gasteiger partial charge is 0.480 e. The van der Waals surface area contributed by atoms with E-state index in [1.165, 1.54) is 14.0 Å². The van der Waals surface area contributed by atoms with E-state index in [2.05, 4.69) is 16.8 Å². The maximum Gasteiger partial charge on any atom is 0.340 e. The van der Waals surface area contributed by atoms with Gasteiger partial charge in [-0.15, -0.1) is 5.92 Å². The van der Waals surface area contributed by atoms with Gasteiger partial charge in [0.15, 0.2) is 5.82 Å². The number of hydrogen-bond donors (Lipinski definition) is 1. The highest BCUT2D eigenvalue weighted by atomic mass is 19.1. The summed E-state index contributed by atoms with van der Waals surface area (Å²) < 4.78 is 18.0. The number of aromatic carboxylic acids is 1. The molecule has 1 aromatic rings. The van der Waals surface area contributed by atoms with Crippen molar-refractivity contribution in [2.75, 3.05) is 7.11 Å². The molecule has 0 amide bonds. The Balaban J connectivity index is 3.55. The average Bonchev–Trinajstić information content (AvgIpc) is 2.18. The normalized spacial score (nSPS) is 9.00. The highest BCUT2D eigenvalue weighted by Crippen LogP contribution is 2.21. The Labute approximate surface area is 85.7 Å². The quantitative estimate of drug-likeness (QED) is 0.746. The molecule has 5 heteroatoms. The van der Waals surface area contributed by atoms with Crippen LogP contribution in [0.5, 0.6) is 5.88 Å². The smallest absolute Gasteiger partial charge is 0.340 e. The second-order valence-corrected chi connectivity index (χ2v) is 2.55. The first-order valence-electron chi connectivity index (χ1n) is 4.00. The zero-order valence-electron chi connectivity index (χ0n) is 8.17. The van der Waals surface area contributed by atoms with E-state index in [-0.39, 0.29) is 11.4 Å². The summed E-state index contributed by atoms with van der Waals surface area (Å²) in [5, 5.41) is 8.80.